The van der Waals surface area contributed by atoms with Crippen molar-refractivity contribution < 1.29 is 0 Å². The molecule has 0 fully saturated rings. The summed E-state index contributed by atoms with van der Waals surface area (Å²) in [5, 5.41) is 1.48. The first-order valence-electron chi connectivity index (χ1n) is 2.33. The molecule has 0 rings (SSSR count). The van der Waals surface area contributed by atoms with E-state index in [1.54, 1.807) is 0 Å². The summed E-state index contributed by atoms with van der Waals surface area (Å²) in [4.78, 5) is 0. The zero-order valence-electron chi connectivity index (χ0n) is 4.08. The Bertz CT molecular complexity index is 19.5. The first-order chi connectivity index (χ1) is 2.91. The maximum atomic E-state index is 2.49. The Morgan fingerprint density at radius 1 is 1.67 bits per heavy atom. The predicted molar refractivity (Wildman–Crippen MR) is 39.5 cm³/mol. The van der Waals surface area contributed by atoms with Gasteiger partial charge in [-0.3, -0.25) is 0 Å². The van der Waals surface area contributed by atoms with Gasteiger partial charge in [-0.25, -0.2) is 0 Å². The topological polar surface area (TPSA) is 0 Å². The van der Waals surface area contributed by atoms with E-state index in [0.717, 1.165) is 11.9 Å². The molecule has 0 aromatic rings. The fraction of sp³-hybridized carbons (Fsp3) is 1.00. The normalized spacial score (nSPS) is 7.67. The average molecular weight is 211 g/mol. The van der Waals surface area contributed by atoms with Crippen molar-refractivity contribution in [2.24, 2.45) is 0 Å². The second kappa shape index (κ2) is 6.26. The van der Waals surface area contributed by atoms with E-state index < -0.39 is 0 Å². The number of unbranched alkanes of at least 4 members (excludes halogenated alkanes) is 1. The van der Waals surface area contributed by atoms with Crippen molar-refractivity contribution in [3.8, 4) is 0 Å². The number of hydrogen-bond acceptors (Lipinski definition) is 0. The molecule has 0 amide bonds. The van der Waals surface area contributed by atoms with Crippen LogP contribution in [-0.4, -0.2) is 11.9 Å². The van der Waals surface area contributed by atoms with E-state index in [2.05, 4.69) is 27.2 Å². The van der Waals surface area contributed by atoms with Gasteiger partial charge in [0.05, 0.1) is 0 Å². The second-order valence-corrected chi connectivity index (χ2v) is 4.82. The van der Waals surface area contributed by atoms with Crippen molar-refractivity contribution in [3.05, 3.63) is 0 Å². The molecule has 0 aliphatic rings. The van der Waals surface area contributed by atoms with Gasteiger partial charge >= 0.3 is 57.3 Å². The Hall–Kier alpha value is 1.26. The van der Waals surface area contributed by atoms with Crippen molar-refractivity contribution in [1.82, 2.24) is 0 Å². The number of hydrogen-bond donors (Lipinski definition) is 0. The van der Waals surface area contributed by atoms with E-state index in [1.165, 1.54) is 18.1 Å². The fourth-order valence-electron chi connectivity index (χ4n) is 0.281. The van der Waals surface area contributed by atoms with Gasteiger partial charge < -0.3 is 0 Å². The molecule has 0 N–H and O–H groups in total. The molecule has 0 nitrogen and oxygen atoms in total. The van der Waals surface area contributed by atoms with Crippen LogP contribution in [0.15, 0.2) is 0 Å². The molecule has 34 valence electrons. The van der Waals surface area contributed by atoms with E-state index in [1.807, 2.05) is 0 Å². The Balaban J connectivity index is 2.34. The molecule has 0 unspecified atom stereocenters. The van der Waals surface area contributed by atoms with Gasteiger partial charge in [-0.2, -0.15) is 0 Å². The van der Waals surface area contributed by atoms with Crippen LogP contribution >= 0.6 is 20.3 Å². The van der Waals surface area contributed by atoms with Crippen LogP contribution in [-0.2, 0) is 0 Å². The Kier molecular flexibility index (Phi) is 7.58. The molecule has 0 saturated carbocycles. The molecule has 0 aromatic heterocycles. The third kappa shape index (κ3) is 5.26. The third-order valence-corrected chi connectivity index (χ3v) is 3.16. The van der Waals surface area contributed by atoms with Crippen LogP contribution in [0, 0.1) is 0 Å². The monoisotopic (exact) mass is 211 g/mol. The Labute approximate surface area is 57.1 Å². The van der Waals surface area contributed by atoms with Gasteiger partial charge in [0.25, 0.3) is 0 Å². The van der Waals surface area contributed by atoms with Crippen molar-refractivity contribution in [2.45, 2.75) is 25.0 Å². The summed E-state index contributed by atoms with van der Waals surface area (Å²) in [5.74, 6) is 0. The first-order valence-corrected chi connectivity index (χ1v) is 7.32. The number of halogens is 1. The van der Waals surface area contributed by atoms with Gasteiger partial charge in [0.2, 0.25) is 0 Å². The van der Waals surface area contributed by atoms with Crippen LogP contribution in [0.2, 0.25) is 5.28 Å². The van der Waals surface area contributed by atoms with Crippen molar-refractivity contribution in [2.75, 3.05) is 0 Å². The van der Waals surface area contributed by atoms with Gasteiger partial charge in [-0.05, 0) is 0 Å². The minimum atomic E-state index is 0.754. The van der Waals surface area contributed by atoms with Crippen LogP contribution in [0.3, 0.4) is 0 Å². The second-order valence-electron chi connectivity index (χ2n) is 1.30. The molecule has 0 aromatic carbocycles. The summed E-state index contributed by atoms with van der Waals surface area (Å²) in [6, 6.07) is 0. The van der Waals surface area contributed by atoms with Crippen molar-refractivity contribution in [1.29, 1.82) is 0 Å². The molecule has 0 heterocycles. The molecule has 0 aliphatic heterocycles. The average Bonchev–Trinajstić information content (AvgIpc) is 1.61. The van der Waals surface area contributed by atoms with E-state index in [0.29, 0.717) is 0 Å². The zero-order chi connectivity index (χ0) is 4.83. The summed E-state index contributed by atoms with van der Waals surface area (Å²) >= 11 is 3.25. The molecular formula is C4H9AlI+. The predicted octanol–water partition coefficient (Wildman–Crippen LogP) is 2.26. The van der Waals surface area contributed by atoms with E-state index in [-0.39, 0.29) is 0 Å². The summed E-state index contributed by atoms with van der Waals surface area (Å²) in [6.45, 7) is 2.24. The molecule has 0 aliphatic carbocycles. The molecule has 0 atom stereocenters. The molecule has 0 saturated heterocycles. The van der Waals surface area contributed by atoms with Crippen LogP contribution in [0.25, 0.3) is 0 Å². The number of rotatable bonds is 3. The molecule has 0 bridgehead atoms. The van der Waals surface area contributed by atoms with Gasteiger partial charge in [0.15, 0.2) is 0 Å². The van der Waals surface area contributed by atoms with E-state index in [4.69, 9.17) is 0 Å². The van der Waals surface area contributed by atoms with E-state index >= 15 is 0 Å². The maximum absolute atomic E-state index is 2.49. The Morgan fingerprint density at radius 2 is 2.33 bits per heavy atom. The minimum absolute atomic E-state index is 0.754. The SMILES string of the molecule is CCC[CH2][Al+][I]. The molecule has 6 heavy (non-hydrogen) atoms. The summed E-state index contributed by atoms with van der Waals surface area (Å²) in [5.41, 5.74) is 0. The van der Waals surface area contributed by atoms with E-state index in [9.17, 15) is 0 Å². The van der Waals surface area contributed by atoms with Crippen LogP contribution in [0.4, 0.5) is 0 Å². The summed E-state index contributed by atoms with van der Waals surface area (Å²) < 4.78 is 0. The fourth-order valence-corrected chi connectivity index (χ4v) is 2.17. The zero-order valence-corrected chi connectivity index (χ0v) is 7.39. The van der Waals surface area contributed by atoms with Crippen molar-refractivity contribution in [3.63, 3.8) is 0 Å². The molecule has 0 radical (unpaired) electrons. The van der Waals surface area contributed by atoms with Gasteiger partial charge in [0.1, 0.15) is 0 Å². The van der Waals surface area contributed by atoms with Gasteiger partial charge in [-0.15, -0.1) is 0 Å². The Morgan fingerprint density at radius 3 is 2.50 bits per heavy atom. The standard InChI is InChI=1S/C4H9.Al.HI/c1-3-4-2;;/h1,3-4H2,2H3;;1H/q;+2;/p-1. The van der Waals surface area contributed by atoms with Crippen LogP contribution < -0.4 is 0 Å². The first kappa shape index (κ1) is 7.26. The summed E-state index contributed by atoms with van der Waals surface area (Å²) in [6.07, 6.45) is 2.81. The van der Waals surface area contributed by atoms with Crippen molar-refractivity contribution >= 4 is 32.2 Å². The molecular weight excluding hydrogens is 202 g/mol. The molecule has 0 spiro atoms. The quantitative estimate of drug-likeness (QED) is 0.381. The van der Waals surface area contributed by atoms with Crippen LogP contribution in [0.1, 0.15) is 19.8 Å². The molecule has 2 heteroatoms. The third-order valence-electron chi connectivity index (χ3n) is 0.667. The van der Waals surface area contributed by atoms with Crippen LogP contribution in [0.5, 0.6) is 0 Å². The summed E-state index contributed by atoms with van der Waals surface area (Å²) in [7, 11) is 0. The van der Waals surface area contributed by atoms with Gasteiger partial charge in [-0.1, -0.05) is 0 Å². The van der Waals surface area contributed by atoms with Gasteiger partial charge in [0, 0.05) is 0 Å².